The minimum absolute atomic E-state index is 0.0334. The molecule has 1 unspecified atom stereocenters. The molecule has 3 rings (SSSR count). The number of benzene rings is 1. The van der Waals surface area contributed by atoms with Crippen LogP contribution in [0.15, 0.2) is 24.3 Å². The number of hydrogen-bond donors (Lipinski definition) is 1. The van der Waals surface area contributed by atoms with Gasteiger partial charge in [0.05, 0.1) is 5.92 Å². The quantitative estimate of drug-likeness (QED) is 0.880. The van der Waals surface area contributed by atoms with Crippen LogP contribution < -0.4 is 4.90 Å². The molecule has 1 atom stereocenters. The van der Waals surface area contributed by atoms with Crippen molar-refractivity contribution in [1.82, 2.24) is 4.90 Å². The van der Waals surface area contributed by atoms with Crippen molar-refractivity contribution in [1.29, 1.82) is 0 Å². The number of carbonyl (C=O) groups excluding carboxylic acids is 2. The van der Waals surface area contributed by atoms with Crippen molar-refractivity contribution in [3.63, 3.8) is 0 Å². The first-order valence-electron chi connectivity index (χ1n) is 9.81. The van der Waals surface area contributed by atoms with Crippen LogP contribution in [-0.2, 0) is 16.0 Å². The number of anilines is 1. The van der Waals surface area contributed by atoms with Gasteiger partial charge in [0, 0.05) is 38.3 Å². The van der Waals surface area contributed by atoms with Crippen molar-refractivity contribution in [2.75, 3.05) is 31.1 Å². The Morgan fingerprint density at radius 3 is 2.54 bits per heavy atom. The summed E-state index contributed by atoms with van der Waals surface area (Å²) in [7, 11) is 0. The lowest BCUT2D eigenvalue weighted by atomic mass is 9.77. The summed E-state index contributed by atoms with van der Waals surface area (Å²) < 4.78 is 0. The first kappa shape index (κ1) is 18.9. The zero-order chi connectivity index (χ0) is 18.7. The van der Waals surface area contributed by atoms with E-state index < -0.39 is 0 Å². The number of likely N-dealkylation sites (tertiary alicyclic amines) is 1. The van der Waals surface area contributed by atoms with Gasteiger partial charge in [-0.2, -0.15) is 0 Å². The summed E-state index contributed by atoms with van der Waals surface area (Å²) in [5.74, 6) is -0.118. The molecule has 26 heavy (non-hydrogen) atoms. The molecule has 5 nitrogen and oxygen atoms in total. The van der Waals surface area contributed by atoms with Crippen molar-refractivity contribution in [2.24, 2.45) is 11.3 Å². The van der Waals surface area contributed by atoms with Crippen LogP contribution in [0.3, 0.4) is 0 Å². The standard InChI is InChI=1S/C21H30N2O3/c1-3-16-7-5-6-8-18(16)23-14-17(13-19(23)25)20(26)22-11-9-21(4-2,15-24)10-12-22/h5-8,17,24H,3-4,9-15H2,1-2H3. The lowest BCUT2D eigenvalue weighted by Crippen LogP contribution is -2.46. The molecule has 5 heteroatoms. The van der Waals surface area contributed by atoms with E-state index in [4.69, 9.17) is 0 Å². The van der Waals surface area contributed by atoms with Gasteiger partial charge in [-0.1, -0.05) is 32.0 Å². The lowest BCUT2D eigenvalue weighted by Gasteiger charge is -2.41. The van der Waals surface area contributed by atoms with E-state index >= 15 is 0 Å². The second-order valence-corrected chi connectivity index (χ2v) is 7.72. The second kappa shape index (κ2) is 7.78. The van der Waals surface area contributed by atoms with Gasteiger partial charge in [0.15, 0.2) is 0 Å². The predicted molar refractivity (Wildman–Crippen MR) is 102 cm³/mol. The van der Waals surface area contributed by atoms with Gasteiger partial charge in [0.1, 0.15) is 0 Å². The van der Waals surface area contributed by atoms with Crippen LogP contribution in [0, 0.1) is 11.3 Å². The molecule has 2 saturated heterocycles. The average molecular weight is 358 g/mol. The molecule has 0 spiro atoms. The van der Waals surface area contributed by atoms with Crippen LogP contribution in [0.4, 0.5) is 5.69 Å². The third-order valence-corrected chi connectivity index (χ3v) is 6.36. The highest BCUT2D eigenvalue weighted by atomic mass is 16.3. The average Bonchev–Trinajstić information content (AvgIpc) is 3.09. The summed E-state index contributed by atoms with van der Waals surface area (Å²) >= 11 is 0. The van der Waals surface area contributed by atoms with E-state index in [0.29, 0.717) is 26.1 Å². The highest BCUT2D eigenvalue weighted by Crippen LogP contribution is 2.36. The van der Waals surface area contributed by atoms with Crippen molar-refractivity contribution in [3.8, 4) is 0 Å². The number of aliphatic hydroxyl groups is 1. The molecule has 2 aliphatic rings. The Balaban J connectivity index is 1.66. The summed E-state index contributed by atoms with van der Waals surface area (Å²) in [6.07, 6.45) is 3.79. The maximum absolute atomic E-state index is 12.9. The lowest BCUT2D eigenvalue weighted by molar-refractivity contribution is -0.138. The fourth-order valence-corrected chi connectivity index (χ4v) is 4.26. The molecule has 1 N–H and O–H groups in total. The molecular weight excluding hydrogens is 328 g/mol. The minimum atomic E-state index is -0.254. The number of piperidine rings is 1. The molecule has 142 valence electrons. The summed E-state index contributed by atoms with van der Waals surface area (Å²) in [5.41, 5.74) is 2.05. The number of hydrogen-bond acceptors (Lipinski definition) is 3. The van der Waals surface area contributed by atoms with Crippen molar-refractivity contribution >= 4 is 17.5 Å². The van der Waals surface area contributed by atoms with Gasteiger partial charge >= 0.3 is 0 Å². The van der Waals surface area contributed by atoms with Gasteiger partial charge in [-0.25, -0.2) is 0 Å². The fraction of sp³-hybridized carbons (Fsp3) is 0.619. The monoisotopic (exact) mass is 358 g/mol. The van der Waals surface area contributed by atoms with Crippen LogP contribution in [0.2, 0.25) is 0 Å². The SMILES string of the molecule is CCc1ccccc1N1CC(C(=O)N2CCC(CC)(CO)CC2)CC1=O. The van der Waals surface area contributed by atoms with Crippen molar-refractivity contribution < 1.29 is 14.7 Å². The van der Waals surface area contributed by atoms with Gasteiger partial charge < -0.3 is 14.9 Å². The maximum Gasteiger partial charge on any atom is 0.228 e. The zero-order valence-corrected chi connectivity index (χ0v) is 15.9. The van der Waals surface area contributed by atoms with Gasteiger partial charge in [-0.05, 0) is 42.7 Å². The minimum Gasteiger partial charge on any atom is -0.396 e. The van der Waals surface area contributed by atoms with Crippen LogP contribution >= 0.6 is 0 Å². The Morgan fingerprint density at radius 1 is 1.23 bits per heavy atom. The highest BCUT2D eigenvalue weighted by Gasteiger charge is 2.40. The van der Waals surface area contributed by atoms with Gasteiger partial charge in [-0.3, -0.25) is 9.59 Å². The van der Waals surface area contributed by atoms with Crippen LogP contribution in [0.25, 0.3) is 0 Å². The van der Waals surface area contributed by atoms with Crippen LogP contribution in [0.1, 0.15) is 45.1 Å². The molecule has 0 saturated carbocycles. The Hall–Kier alpha value is -1.88. The van der Waals surface area contributed by atoms with Crippen LogP contribution in [-0.4, -0.2) is 48.1 Å². The Kier molecular flexibility index (Phi) is 5.66. The molecule has 2 aliphatic heterocycles. The number of aliphatic hydroxyl groups excluding tert-OH is 1. The Morgan fingerprint density at radius 2 is 1.92 bits per heavy atom. The predicted octanol–water partition coefficient (Wildman–Crippen LogP) is 2.61. The zero-order valence-electron chi connectivity index (χ0n) is 15.9. The normalized spacial score (nSPS) is 22.7. The molecule has 1 aromatic carbocycles. The number of carbonyl (C=O) groups is 2. The Labute approximate surface area is 156 Å². The molecule has 0 aliphatic carbocycles. The van der Waals surface area contributed by atoms with Crippen LogP contribution in [0.5, 0.6) is 0 Å². The highest BCUT2D eigenvalue weighted by molar-refractivity contribution is 6.00. The number of rotatable bonds is 5. The summed E-state index contributed by atoms with van der Waals surface area (Å²) in [5, 5.41) is 9.67. The second-order valence-electron chi connectivity index (χ2n) is 7.72. The van der Waals surface area contributed by atoms with Gasteiger partial charge in [-0.15, -0.1) is 0 Å². The number of amides is 2. The third kappa shape index (κ3) is 3.50. The van der Waals surface area contributed by atoms with E-state index in [0.717, 1.165) is 36.9 Å². The number of nitrogens with zero attached hydrogens (tertiary/aromatic N) is 2. The molecule has 1 aromatic rings. The van der Waals surface area contributed by atoms with Gasteiger partial charge in [0.2, 0.25) is 11.8 Å². The van der Waals surface area contributed by atoms with E-state index in [2.05, 4.69) is 13.8 Å². The smallest absolute Gasteiger partial charge is 0.228 e. The molecule has 2 amide bonds. The molecule has 0 bridgehead atoms. The summed E-state index contributed by atoms with van der Waals surface area (Å²) in [6.45, 7) is 6.22. The van der Waals surface area contributed by atoms with E-state index in [1.165, 1.54) is 0 Å². The number of para-hydroxylation sites is 1. The molecule has 2 heterocycles. The van der Waals surface area contributed by atoms with E-state index in [9.17, 15) is 14.7 Å². The topological polar surface area (TPSA) is 60.9 Å². The Bertz CT molecular complexity index is 659. The maximum atomic E-state index is 12.9. The van der Waals surface area contributed by atoms with Crippen molar-refractivity contribution in [3.05, 3.63) is 29.8 Å². The van der Waals surface area contributed by atoms with E-state index in [-0.39, 0.29) is 29.8 Å². The summed E-state index contributed by atoms with van der Waals surface area (Å²) in [4.78, 5) is 29.2. The summed E-state index contributed by atoms with van der Waals surface area (Å²) in [6, 6.07) is 7.95. The fourth-order valence-electron chi connectivity index (χ4n) is 4.26. The van der Waals surface area contributed by atoms with Crippen molar-refractivity contribution in [2.45, 2.75) is 46.0 Å². The molecule has 0 aromatic heterocycles. The molecule has 2 fully saturated rings. The molecule has 0 radical (unpaired) electrons. The third-order valence-electron chi connectivity index (χ3n) is 6.36. The first-order valence-corrected chi connectivity index (χ1v) is 9.81. The van der Waals surface area contributed by atoms with E-state index in [1.807, 2.05) is 29.2 Å². The van der Waals surface area contributed by atoms with E-state index in [1.54, 1.807) is 4.90 Å². The molecular formula is C21H30N2O3. The number of aryl methyl sites for hydroxylation is 1. The largest absolute Gasteiger partial charge is 0.396 e. The van der Waals surface area contributed by atoms with Gasteiger partial charge in [0.25, 0.3) is 0 Å². The first-order chi connectivity index (χ1) is 12.5.